The van der Waals surface area contributed by atoms with E-state index in [1.54, 1.807) is 6.20 Å². The number of amides is 1. The lowest BCUT2D eigenvalue weighted by Gasteiger charge is -2.17. The number of hydrogen-bond donors (Lipinski definition) is 2. The highest BCUT2D eigenvalue weighted by Gasteiger charge is 2.23. The highest BCUT2D eigenvalue weighted by atomic mass is 127. The van der Waals surface area contributed by atoms with Gasteiger partial charge in [-0.15, -0.1) is 24.0 Å². The molecule has 32 heavy (non-hydrogen) atoms. The first-order chi connectivity index (χ1) is 15.2. The van der Waals surface area contributed by atoms with Crippen molar-refractivity contribution >= 4 is 41.5 Å². The number of halogens is 1. The molecule has 8 heteroatoms. The van der Waals surface area contributed by atoms with Crippen LogP contribution in [0.25, 0.3) is 5.69 Å². The molecule has 0 unspecified atom stereocenters. The Labute approximate surface area is 205 Å². The van der Waals surface area contributed by atoms with Crippen LogP contribution in [0.5, 0.6) is 0 Å². The number of carbonyl (C=O) groups is 1. The Hall–Kier alpha value is -2.88. The van der Waals surface area contributed by atoms with E-state index in [4.69, 9.17) is 0 Å². The van der Waals surface area contributed by atoms with Crippen LogP contribution in [0.2, 0.25) is 0 Å². The quantitative estimate of drug-likeness (QED) is 0.272. The van der Waals surface area contributed by atoms with Crippen LogP contribution >= 0.6 is 24.0 Å². The van der Waals surface area contributed by atoms with E-state index in [0.29, 0.717) is 5.96 Å². The van der Waals surface area contributed by atoms with Crippen molar-refractivity contribution in [3.8, 4) is 5.69 Å². The molecule has 0 aliphatic carbocycles. The van der Waals surface area contributed by atoms with Gasteiger partial charge < -0.3 is 15.5 Å². The number of rotatable bonds is 7. The van der Waals surface area contributed by atoms with E-state index >= 15 is 0 Å². The Kier molecular flexibility index (Phi) is 8.66. The van der Waals surface area contributed by atoms with Gasteiger partial charge in [0.2, 0.25) is 5.91 Å². The highest BCUT2D eigenvalue weighted by Crippen LogP contribution is 2.27. The monoisotopic (exact) mass is 544 g/mol. The third kappa shape index (κ3) is 5.87. The van der Waals surface area contributed by atoms with Crippen LogP contribution in [0.4, 0.5) is 5.69 Å². The zero-order valence-corrected chi connectivity index (χ0v) is 20.5. The van der Waals surface area contributed by atoms with Gasteiger partial charge in [-0.1, -0.05) is 30.3 Å². The lowest BCUT2D eigenvalue weighted by Crippen LogP contribution is -2.39. The molecule has 2 heterocycles. The lowest BCUT2D eigenvalue weighted by atomic mass is 10.1. The summed E-state index contributed by atoms with van der Waals surface area (Å²) in [5, 5.41) is 10.8. The minimum atomic E-state index is 0. The number of nitrogens with zero attached hydrogens (tertiary/aromatic N) is 4. The zero-order valence-electron chi connectivity index (χ0n) is 18.2. The Morgan fingerprint density at radius 1 is 1.09 bits per heavy atom. The summed E-state index contributed by atoms with van der Waals surface area (Å²) in [6, 6.07) is 18.3. The molecule has 0 saturated heterocycles. The Morgan fingerprint density at radius 3 is 2.66 bits per heavy atom. The van der Waals surface area contributed by atoms with E-state index in [0.717, 1.165) is 43.9 Å². The minimum Gasteiger partial charge on any atom is -0.357 e. The number of anilines is 1. The fourth-order valence-electron chi connectivity index (χ4n) is 3.73. The largest absolute Gasteiger partial charge is 0.357 e. The first-order valence-corrected chi connectivity index (χ1v) is 10.7. The molecular formula is C24H29IN6O. The first kappa shape index (κ1) is 23.8. The van der Waals surface area contributed by atoms with Gasteiger partial charge in [0.25, 0.3) is 0 Å². The number of guanidine groups is 1. The molecule has 168 valence electrons. The van der Waals surface area contributed by atoms with E-state index in [1.807, 2.05) is 47.0 Å². The smallest absolute Gasteiger partial charge is 0.248 e. The van der Waals surface area contributed by atoms with Gasteiger partial charge in [0, 0.05) is 37.7 Å². The maximum atomic E-state index is 12.7. The number of hydrogen-bond acceptors (Lipinski definition) is 3. The topological polar surface area (TPSA) is 74.6 Å². The van der Waals surface area contributed by atoms with E-state index in [-0.39, 0.29) is 36.4 Å². The first-order valence-electron chi connectivity index (χ1n) is 10.7. The van der Waals surface area contributed by atoms with Gasteiger partial charge in [0.1, 0.15) is 6.54 Å². The van der Waals surface area contributed by atoms with Gasteiger partial charge in [0.15, 0.2) is 5.96 Å². The molecule has 7 nitrogen and oxygen atoms in total. The summed E-state index contributed by atoms with van der Waals surface area (Å²) in [6.07, 6.45) is 5.46. The number of fused-ring (bicyclic) bond motifs is 1. The van der Waals surface area contributed by atoms with Crippen molar-refractivity contribution in [2.45, 2.75) is 19.8 Å². The van der Waals surface area contributed by atoms with Crippen molar-refractivity contribution in [3.63, 3.8) is 0 Å². The van der Waals surface area contributed by atoms with Crippen molar-refractivity contribution in [1.29, 1.82) is 0 Å². The molecule has 1 aliphatic heterocycles. The molecule has 0 saturated carbocycles. The summed E-state index contributed by atoms with van der Waals surface area (Å²) < 4.78 is 1.84. The highest BCUT2D eigenvalue weighted by molar-refractivity contribution is 14.0. The van der Waals surface area contributed by atoms with Crippen LogP contribution in [0.1, 0.15) is 18.1 Å². The van der Waals surface area contributed by atoms with Crippen LogP contribution in [0.15, 0.2) is 72.0 Å². The van der Waals surface area contributed by atoms with Gasteiger partial charge in [-0.3, -0.25) is 4.79 Å². The SMILES string of the molecule is CCNC(=NCC(=O)N1CCc2ccccc21)NCCc1ccc(-n2cccn2)cc1.I. The zero-order chi connectivity index (χ0) is 21.5. The summed E-state index contributed by atoms with van der Waals surface area (Å²) >= 11 is 0. The van der Waals surface area contributed by atoms with Crippen LogP contribution in [0.3, 0.4) is 0 Å². The van der Waals surface area contributed by atoms with Crippen molar-refractivity contribution < 1.29 is 4.79 Å². The molecule has 1 aromatic heterocycles. The molecule has 0 spiro atoms. The summed E-state index contributed by atoms with van der Waals surface area (Å²) in [5.41, 5.74) is 4.50. The fraction of sp³-hybridized carbons (Fsp3) is 0.292. The molecule has 4 rings (SSSR count). The second-order valence-corrected chi connectivity index (χ2v) is 7.41. The third-order valence-electron chi connectivity index (χ3n) is 5.32. The number of aromatic nitrogens is 2. The average Bonchev–Trinajstić information content (AvgIpc) is 3.48. The predicted octanol–water partition coefficient (Wildman–Crippen LogP) is 3.18. The minimum absolute atomic E-state index is 0. The van der Waals surface area contributed by atoms with Gasteiger partial charge in [0.05, 0.1) is 5.69 Å². The Morgan fingerprint density at radius 2 is 1.91 bits per heavy atom. The second-order valence-electron chi connectivity index (χ2n) is 7.41. The third-order valence-corrected chi connectivity index (χ3v) is 5.32. The molecule has 0 atom stereocenters. The van der Waals surface area contributed by atoms with Crippen molar-refractivity contribution in [1.82, 2.24) is 20.4 Å². The molecule has 1 aliphatic rings. The summed E-state index contributed by atoms with van der Waals surface area (Å²) in [4.78, 5) is 19.0. The van der Waals surface area contributed by atoms with Gasteiger partial charge in [-0.2, -0.15) is 5.10 Å². The molecule has 0 radical (unpaired) electrons. The normalized spacial score (nSPS) is 12.8. The predicted molar refractivity (Wildman–Crippen MR) is 139 cm³/mol. The number of nitrogens with one attached hydrogen (secondary N) is 2. The van der Waals surface area contributed by atoms with Gasteiger partial charge in [-0.05, 0) is 55.2 Å². The van der Waals surface area contributed by atoms with E-state index in [1.165, 1.54) is 11.1 Å². The Balaban J connectivity index is 0.00000289. The van der Waals surface area contributed by atoms with Crippen molar-refractivity contribution in [2.75, 3.05) is 31.1 Å². The molecule has 0 fully saturated rings. The molecule has 1 amide bonds. The standard InChI is InChI=1S/C24H28N6O.HI/c1-2-25-24(27-18-23(31)29-17-13-20-6-3-4-7-22(20)29)26-15-12-19-8-10-21(11-9-19)30-16-5-14-28-30;/h3-11,14,16H,2,12-13,15,17-18H2,1H3,(H2,25,26,27);1H. The van der Waals surface area contributed by atoms with Crippen molar-refractivity contribution in [3.05, 3.63) is 78.1 Å². The number of carbonyl (C=O) groups excluding carboxylic acids is 1. The summed E-state index contributed by atoms with van der Waals surface area (Å²) in [6.45, 7) is 4.34. The number of para-hydroxylation sites is 1. The van der Waals surface area contributed by atoms with Crippen LogP contribution in [0, 0.1) is 0 Å². The Bertz CT molecular complexity index is 1030. The maximum absolute atomic E-state index is 12.7. The molecule has 2 aromatic carbocycles. The molecular weight excluding hydrogens is 515 g/mol. The number of benzene rings is 2. The average molecular weight is 544 g/mol. The molecule has 3 aromatic rings. The second kappa shape index (κ2) is 11.7. The van der Waals surface area contributed by atoms with Crippen molar-refractivity contribution in [2.24, 2.45) is 4.99 Å². The summed E-state index contributed by atoms with van der Waals surface area (Å²) in [5.74, 6) is 0.688. The van der Waals surface area contributed by atoms with E-state index in [9.17, 15) is 4.79 Å². The fourth-order valence-corrected chi connectivity index (χ4v) is 3.73. The maximum Gasteiger partial charge on any atom is 0.248 e. The van der Waals surface area contributed by atoms with Crippen LogP contribution < -0.4 is 15.5 Å². The van der Waals surface area contributed by atoms with Gasteiger partial charge >= 0.3 is 0 Å². The van der Waals surface area contributed by atoms with E-state index in [2.05, 4.69) is 51.1 Å². The molecule has 2 N–H and O–H groups in total. The van der Waals surface area contributed by atoms with E-state index < -0.39 is 0 Å². The van der Waals surface area contributed by atoms with Crippen LogP contribution in [-0.2, 0) is 17.6 Å². The van der Waals surface area contributed by atoms with Gasteiger partial charge in [-0.25, -0.2) is 9.67 Å². The van der Waals surface area contributed by atoms with Crippen LogP contribution in [-0.4, -0.2) is 47.8 Å². The molecule has 0 bridgehead atoms. The number of aliphatic imine (C=N–C) groups is 1. The lowest BCUT2D eigenvalue weighted by molar-refractivity contribution is -0.117. The summed E-state index contributed by atoms with van der Waals surface area (Å²) in [7, 11) is 0.